The summed E-state index contributed by atoms with van der Waals surface area (Å²) >= 11 is 0. The fourth-order valence-corrected chi connectivity index (χ4v) is 0.442. The zero-order valence-corrected chi connectivity index (χ0v) is 3.39. The second-order valence-electron chi connectivity index (χ2n) is 1.66. The number of halogens is 1. The van der Waals surface area contributed by atoms with Crippen LogP contribution in [0.2, 0.25) is 0 Å². The van der Waals surface area contributed by atoms with Crippen molar-refractivity contribution in [2.45, 2.75) is 25.1 Å². The highest BCUT2D eigenvalue weighted by Gasteiger charge is 2.27. The molecule has 6 heavy (non-hydrogen) atoms. The lowest BCUT2D eigenvalue weighted by molar-refractivity contribution is -0.000127. The molecule has 1 rings (SSSR count). The molecule has 2 atom stereocenters. The molecule has 0 saturated heterocycles. The van der Waals surface area contributed by atoms with E-state index in [1.165, 1.54) is 0 Å². The van der Waals surface area contributed by atoms with Crippen LogP contribution in [0.5, 0.6) is 0 Å². The van der Waals surface area contributed by atoms with Gasteiger partial charge in [-0.1, -0.05) is 0 Å². The molecule has 0 amide bonds. The average Bonchev–Trinajstić information content (AvgIpc) is 1.61. The van der Waals surface area contributed by atoms with Crippen LogP contribution in [0.15, 0.2) is 0 Å². The molecule has 0 heterocycles. The van der Waals surface area contributed by atoms with Crippen molar-refractivity contribution in [1.82, 2.24) is 0 Å². The summed E-state index contributed by atoms with van der Waals surface area (Å²) < 4.78 is 11.7. The van der Waals surface area contributed by atoms with E-state index < -0.39 is 12.3 Å². The van der Waals surface area contributed by atoms with E-state index in [4.69, 9.17) is 5.11 Å². The second-order valence-corrected chi connectivity index (χ2v) is 1.66. The molecule has 0 radical (unpaired) electrons. The number of hydrogen-bond donors (Lipinski definition) is 1. The zero-order chi connectivity index (χ0) is 4.57. The van der Waals surface area contributed by atoms with Crippen molar-refractivity contribution >= 4 is 0 Å². The highest BCUT2D eigenvalue weighted by molar-refractivity contribution is 4.78. The van der Waals surface area contributed by atoms with Crippen LogP contribution in [0.4, 0.5) is 4.39 Å². The molecular formula is C4H7FO. The van der Waals surface area contributed by atoms with Crippen molar-refractivity contribution in [1.29, 1.82) is 0 Å². The van der Waals surface area contributed by atoms with E-state index in [0.717, 1.165) is 0 Å². The molecule has 1 saturated carbocycles. The van der Waals surface area contributed by atoms with E-state index in [2.05, 4.69) is 0 Å². The van der Waals surface area contributed by atoms with E-state index in [1.54, 1.807) is 0 Å². The summed E-state index contributed by atoms with van der Waals surface area (Å²) in [6.07, 6.45) is -0.336. The van der Waals surface area contributed by atoms with Gasteiger partial charge in [0, 0.05) is 0 Å². The number of alkyl halides is 1. The van der Waals surface area contributed by atoms with Gasteiger partial charge in [0.2, 0.25) is 0 Å². The monoisotopic (exact) mass is 90.0 g/mol. The molecule has 0 aromatic carbocycles. The van der Waals surface area contributed by atoms with Gasteiger partial charge in [-0.15, -0.1) is 0 Å². The van der Waals surface area contributed by atoms with Crippen LogP contribution in [0.3, 0.4) is 0 Å². The standard InChI is InChI=1S/C4H7FO/c5-3-1-2-4(3)6/h3-4,6H,1-2H2/t3-,4?/m1/s1. The second kappa shape index (κ2) is 1.19. The normalized spacial score (nSPS) is 45.0. The number of hydrogen-bond acceptors (Lipinski definition) is 1. The molecule has 1 fully saturated rings. The summed E-state index contributed by atoms with van der Waals surface area (Å²) in [6.45, 7) is 0. The first-order valence-electron chi connectivity index (χ1n) is 2.13. The maximum absolute atomic E-state index is 11.7. The van der Waals surface area contributed by atoms with E-state index in [0.29, 0.717) is 12.8 Å². The summed E-state index contributed by atoms with van der Waals surface area (Å²) in [4.78, 5) is 0. The maximum atomic E-state index is 11.7. The minimum atomic E-state index is -0.912. The average molecular weight is 90.1 g/mol. The lowest BCUT2D eigenvalue weighted by Gasteiger charge is -2.24. The van der Waals surface area contributed by atoms with Crippen LogP contribution in [-0.2, 0) is 0 Å². The zero-order valence-electron chi connectivity index (χ0n) is 3.39. The first-order chi connectivity index (χ1) is 2.80. The molecule has 2 heteroatoms. The van der Waals surface area contributed by atoms with Crippen LogP contribution < -0.4 is 0 Å². The van der Waals surface area contributed by atoms with Crippen LogP contribution in [0.1, 0.15) is 12.8 Å². The van der Waals surface area contributed by atoms with Gasteiger partial charge in [-0.3, -0.25) is 0 Å². The van der Waals surface area contributed by atoms with E-state index in [-0.39, 0.29) is 0 Å². The fraction of sp³-hybridized carbons (Fsp3) is 1.00. The Balaban J connectivity index is 2.20. The quantitative estimate of drug-likeness (QED) is 0.458. The molecule has 36 valence electrons. The molecular weight excluding hydrogens is 83.0 g/mol. The minimum Gasteiger partial charge on any atom is -0.390 e. The third-order valence-corrected chi connectivity index (χ3v) is 1.16. The summed E-state index contributed by atoms with van der Waals surface area (Å²) in [5, 5.41) is 8.34. The predicted octanol–water partition coefficient (Wildman–Crippen LogP) is 0.479. The van der Waals surface area contributed by atoms with E-state index in [1.807, 2.05) is 0 Å². The topological polar surface area (TPSA) is 20.2 Å². The number of aliphatic hydroxyl groups excluding tert-OH is 1. The highest BCUT2D eigenvalue weighted by atomic mass is 19.1. The van der Waals surface area contributed by atoms with Gasteiger partial charge in [-0.05, 0) is 12.8 Å². The Kier molecular flexibility index (Phi) is 0.804. The van der Waals surface area contributed by atoms with Gasteiger partial charge in [0.15, 0.2) is 0 Å². The summed E-state index contributed by atoms with van der Waals surface area (Å²) in [6, 6.07) is 0. The van der Waals surface area contributed by atoms with Gasteiger partial charge in [0.1, 0.15) is 6.17 Å². The fourth-order valence-electron chi connectivity index (χ4n) is 0.442. The van der Waals surface area contributed by atoms with Crippen molar-refractivity contribution in [3.8, 4) is 0 Å². The summed E-state index contributed by atoms with van der Waals surface area (Å²) in [7, 11) is 0. The SMILES string of the molecule is OC1CC[C@H]1F. The molecule has 0 spiro atoms. The van der Waals surface area contributed by atoms with Crippen molar-refractivity contribution in [2.75, 3.05) is 0 Å². The van der Waals surface area contributed by atoms with Gasteiger partial charge >= 0.3 is 0 Å². The van der Waals surface area contributed by atoms with Gasteiger partial charge < -0.3 is 5.11 Å². The molecule has 0 aliphatic heterocycles. The Bertz CT molecular complexity index is 47.5. The predicted molar refractivity (Wildman–Crippen MR) is 20.1 cm³/mol. The molecule has 0 aromatic rings. The van der Waals surface area contributed by atoms with Crippen molar-refractivity contribution < 1.29 is 9.50 Å². The Morgan fingerprint density at radius 2 is 2.00 bits per heavy atom. The molecule has 0 aromatic heterocycles. The largest absolute Gasteiger partial charge is 0.390 e. The Morgan fingerprint density at radius 3 is 2.00 bits per heavy atom. The van der Waals surface area contributed by atoms with Crippen LogP contribution in [-0.4, -0.2) is 17.4 Å². The Labute approximate surface area is 35.8 Å². The van der Waals surface area contributed by atoms with Gasteiger partial charge in [-0.25, -0.2) is 4.39 Å². The van der Waals surface area contributed by atoms with Crippen LogP contribution in [0, 0.1) is 0 Å². The molecule has 1 nitrogen and oxygen atoms in total. The number of rotatable bonds is 0. The Hall–Kier alpha value is -0.110. The summed E-state index contributed by atoms with van der Waals surface area (Å²) in [5.41, 5.74) is 0. The summed E-state index contributed by atoms with van der Waals surface area (Å²) in [5.74, 6) is 0. The van der Waals surface area contributed by atoms with Gasteiger partial charge in [0.05, 0.1) is 6.10 Å². The van der Waals surface area contributed by atoms with Crippen molar-refractivity contribution in [3.63, 3.8) is 0 Å². The van der Waals surface area contributed by atoms with Crippen LogP contribution in [0.25, 0.3) is 0 Å². The molecule has 1 aliphatic rings. The first-order valence-corrected chi connectivity index (χ1v) is 2.13. The lowest BCUT2D eigenvalue weighted by atomic mass is 9.94. The van der Waals surface area contributed by atoms with E-state index >= 15 is 0 Å². The van der Waals surface area contributed by atoms with E-state index in [9.17, 15) is 4.39 Å². The molecule has 1 N–H and O–H groups in total. The third-order valence-electron chi connectivity index (χ3n) is 1.16. The molecule has 1 aliphatic carbocycles. The third kappa shape index (κ3) is 0.411. The minimum absolute atomic E-state index is 0.557. The molecule has 1 unspecified atom stereocenters. The first kappa shape index (κ1) is 4.06. The van der Waals surface area contributed by atoms with Crippen molar-refractivity contribution in [3.05, 3.63) is 0 Å². The lowest BCUT2D eigenvalue weighted by Crippen LogP contribution is -2.32. The van der Waals surface area contributed by atoms with Crippen LogP contribution >= 0.6 is 0 Å². The number of aliphatic hydroxyl groups is 1. The molecule has 0 bridgehead atoms. The van der Waals surface area contributed by atoms with Gasteiger partial charge in [-0.2, -0.15) is 0 Å². The smallest absolute Gasteiger partial charge is 0.126 e. The Morgan fingerprint density at radius 1 is 1.50 bits per heavy atom. The van der Waals surface area contributed by atoms with Gasteiger partial charge in [0.25, 0.3) is 0 Å². The highest BCUT2D eigenvalue weighted by Crippen LogP contribution is 2.21. The maximum Gasteiger partial charge on any atom is 0.126 e. The van der Waals surface area contributed by atoms with Crippen molar-refractivity contribution in [2.24, 2.45) is 0 Å².